The molecule has 0 aliphatic carbocycles. The Morgan fingerprint density at radius 1 is 1.19 bits per heavy atom. The lowest BCUT2D eigenvalue weighted by atomic mass is 10.2. The van der Waals surface area contributed by atoms with Crippen LogP contribution in [-0.4, -0.2) is 53.0 Å². The Balaban J connectivity index is 1.50. The minimum absolute atomic E-state index is 0.0932. The second-order valence-corrected chi connectivity index (χ2v) is 7.77. The van der Waals surface area contributed by atoms with Gasteiger partial charge in [-0.1, -0.05) is 0 Å². The predicted molar refractivity (Wildman–Crippen MR) is 125 cm³/mol. The van der Waals surface area contributed by atoms with Gasteiger partial charge < -0.3 is 14.7 Å². The highest BCUT2D eigenvalue weighted by Gasteiger charge is 2.22. The van der Waals surface area contributed by atoms with E-state index in [0.717, 1.165) is 37.6 Å². The number of piperazine rings is 1. The van der Waals surface area contributed by atoms with Crippen LogP contribution in [0.4, 0.5) is 15.8 Å². The van der Waals surface area contributed by atoms with Crippen LogP contribution in [0.15, 0.2) is 47.6 Å². The molecule has 2 heterocycles. The number of nitrogens with one attached hydrogen (secondary N) is 2. The summed E-state index contributed by atoms with van der Waals surface area (Å²) in [5.74, 6) is 0.286. The molecule has 1 fully saturated rings. The molecule has 0 saturated carbocycles. The maximum atomic E-state index is 13.9. The van der Waals surface area contributed by atoms with Crippen LogP contribution in [0.3, 0.4) is 0 Å². The smallest absolute Gasteiger partial charge is 0.254 e. The van der Waals surface area contributed by atoms with Gasteiger partial charge in [0, 0.05) is 42.4 Å². The molecule has 1 aliphatic heterocycles. The quantitative estimate of drug-likeness (QED) is 0.295. The number of thiocarbonyl (C=S) groups is 1. The van der Waals surface area contributed by atoms with Gasteiger partial charge in [-0.3, -0.25) is 20.3 Å². The number of ether oxygens (including phenoxy) is 1. The molecule has 168 valence electrons. The summed E-state index contributed by atoms with van der Waals surface area (Å²) in [6.07, 6.45) is 0. The number of anilines is 2. The number of rotatable bonds is 6. The first-order valence-electron chi connectivity index (χ1n) is 10.0. The molecule has 2 aromatic carbocycles. The van der Waals surface area contributed by atoms with E-state index in [-0.39, 0.29) is 16.7 Å². The number of hydrogen-bond donors (Lipinski definition) is 3. The third-order valence-corrected chi connectivity index (χ3v) is 5.70. The molecule has 0 radical (unpaired) electrons. The molecule has 9 nitrogen and oxygen atoms in total. The van der Waals surface area contributed by atoms with E-state index in [4.69, 9.17) is 17.0 Å². The Labute approximate surface area is 189 Å². The molecule has 0 spiro atoms. The molecule has 0 amide bonds. The van der Waals surface area contributed by atoms with E-state index in [1.165, 1.54) is 12.1 Å². The fourth-order valence-corrected chi connectivity index (χ4v) is 3.91. The average Bonchev–Trinajstić information content (AvgIpc) is 3.07. The van der Waals surface area contributed by atoms with E-state index in [1.807, 2.05) is 24.3 Å². The molecule has 1 aliphatic rings. The van der Waals surface area contributed by atoms with E-state index in [9.17, 15) is 14.4 Å². The van der Waals surface area contributed by atoms with Crippen molar-refractivity contribution in [3.05, 3.63) is 53.2 Å². The zero-order chi connectivity index (χ0) is 22.7. The number of aromatic nitrogens is 1. The van der Waals surface area contributed by atoms with Crippen molar-refractivity contribution in [2.45, 2.75) is 6.67 Å². The highest BCUT2D eigenvalue weighted by molar-refractivity contribution is 7.80. The lowest BCUT2D eigenvalue weighted by Crippen LogP contribution is -2.46. The van der Waals surface area contributed by atoms with E-state index in [0.29, 0.717) is 17.6 Å². The number of nitrogens with zero attached hydrogens (tertiary/aromatic N) is 4. The number of methoxy groups -OCH3 is 1. The summed E-state index contributed by atoms with van der Waals surface area (Å²) in [5.41, 5.74) is 7.10. The van der Waals surface area contributed by atoms with Gasteiger partial charge in [-0.25, -0.2) is 4.39 Å². The molecule has 11 heteroatoms. The summed E-state index contributed by atoms with van der Waals surface area (Å²) < 4.78 is 20.8. The molecular weight excluding hydrogens is 435 g/mol. The van der Waals surface area contributed by atoms with Crippen LogP contribution in [0, 0.1) is 10.7 Å². The lowest BCUT2D eigenvalue weighted by Gasteiger charge is -2.36. The number of aromatic hydroxyl groups is 1. The van der Waals surface area contributed by atoms with Gasteiger partial charge in [0.2, 0.25) is 5.88 Å². The molecule has 1 saturated heterocycles. The van der Waals surface area contributed by atoms with Crippen molar-refractivity contribution in [1.82, 2.24) is 14.9 Å². The molecule has 0 bridgehead atoms. The third-order valence-electron chi connectivity index (χ3n) is 5.53. The van der Waals surface area contributed by atoms with Gasteiger partial charge in [0.15, 0.2) is 0 Å². The Morgan fingerprint density at radius 3 is 2.56 bits per heavy atom. The molecule has 32 heavy (non-hydrogen) atoms. The zero-order valence-corrected chi connectivity index (χ0v) is 18.2. The second kappa shape index (κ2) is 9.37. The third kappa shape index (κ3) is 4.43. The highest BCUT2D eigenvalue weighted by atomic mass is 32.1. The molecule has 3 aromatic rings. The number of nitroso groups, excluding NO2 is 1. The van der Waals surface area contributed by atoms with Crippen molar-refractivity contribution in [1.29, 1.82) is 0 Å². The monoisotopic (exact) mass is 458 g/mol. The van der Waals surface area contributed by atoms with Gasteiger partial charge in [-0.15, -0.1) is 4.91 Å². The number of benzene rings is 2. The van der Waals surface area contributed by atoms with Crippen LogP contribution >= 0.6 is 12.2 Å². The summed E-state index contributed by atoms with van der Waals surface area (Å²) in [6, 6.07) is 12.2. The Hall–Kier alpha value is -3.44. The minimum atomic E-state index is -0.443. The topological polar surface area (TPSA) is 94.4 Å². The van der Waals surface area contributed by atoms with Gasteiger partial charge >= 0.3 is 0 Å². The molecule has 0 unspecified atom stereocenters. The first-order valence-corrected chi connectivity index (χ1v) is 10.4. The Kier molecular flexibility index (Phi) is 6.37. The van der Waals surface area contributed by atoms with Crippen LogP contribution in [-0.2, 0) is 6.67 Å². The van der Waals surface area contributed by atoms with Crippen LogP contribution in [0.2, 0.25) is 0 Å². The fraction of sp³-hybridized carbons (Fsp3) is 0.286. The molecule has 1 aromatic heterocycles. The summed E-state index contributed by atoms with van der Waals surface area (Å²) in [7, 11) is 1.65. The highest BCUT2D eigenvalue weighted by Crippen LogP contribution is 2.36. The fourth-order valence-electron chi connectivity index (χ4n) is 3.86. The standard InChI is InChI=1S/C21H23FN6O3S/c1-31-16-5-3-15(4-6-16)27-10-8-26(9-11-27)13-28-18-7-2-14(22)12-17(18)19(20(28)29)23-24-21(32)25-30/h2-7,12,23,29H,8-11,13H2,1H3,(H,24,32). The van der Waals surface area contributed by atoms with Crippen LogP contribution in [0.5, 0.6) is 11.6 Å². The Morgan fingerprint density at radius 2 is 1.91 bits per heavy atom. The molecule has 4 rings (SSSR count). The summed E-state index contributed by atoms with van der Waals surface area (Å²) in [4.78, 5) is 15.0. The number of fused-ring (bicyclic) bond motifs is 1. The van der Waals surface area contributed by atoms with Crippen LogP contribution < -0.4 is 20.5 Å². The summed E-state index contributed by atoms with van der Waals surface area (Å²) in [6.45, 7) is 3.64. The van der Waals surface area contributed by atoms with E-state index < -0.39 is 5.82 Å². The van der Waals surface area contributed by atoms with Crippen molar-refractivity contribution in [3.8, 4) is 11.6 Å². The van der Waals surface area contributed by atoms with Gasteiger partial charge in [0.05, 0.1) is 19.3 Å². The van der Waals surface area contributed by atoms with E-state index in [2.05, 4.69) is 25.8 Å². The second-order valence-electron chi connectivity index (χ2n) is 7.38. The SMILES string of the molecule is COc1ccc(N2CCN(Cn3c(O)c(NNC(=S)N=O)c4cc(F)ccc43)CC2)cc1. The van der Waals surface area contributed by atoms with Crippen molar-refractivity contribution in [2.24, 2.45) is 5.18 Å². The van der Waals surface area contributed by atoms with Crippen LogP contribution in [0.25, 0.3) is 10.9 Å². The van der Waals surface area contributed by atoms with Crippen molar-refractivity contribution >= 4 is 39.6 Å². The largest absolute Gasteiger partial charge is 0.497 e. The number of halogens is 1. The van der Waals surface area contributed by atoms with Gasteiger partial charge in [0.25, 0.3) is 5.11 Å². The Bertz CT molecular complexity index is 1130. The van der Waals surface area contributed by atoms with E-state index >= 15 is 0 Å². The van der Waals surface area contributed by atoms with Crippen molar-refractivity contribution < 1.29 is 14.2 Å². The molecule has 3 N–H and O–H groups in total. The minimum Gasteiger partial charge on any atom is -0.497 e. The predicted octanol–water partition coefficient (Wildman–Crippen LogP) is 3.24. The maximum Gasteiger partial charge on any atom is 0.254 e. The molecular formula is C21H23FN6O3S. The van der Waals surface area contributed by atoms with Gasteiger partial charge in [-0.05, 0) is 54.7 Å². The van der Waals surface area contributed by atoms with Gasteiger partial charge in [0.1, 0.15) is 17.3 Å². The number of hydrogen-bond acceptors (Lipinski definition) is 7. The first-order chi connectivity index (χ1) is 15.5. The first kappa shape index (κ1) is 21.8. The van der Waals surface area contributed by atoms with Crippen molar-refractivity contribution in [2.75, 3.05) is 43.6 Å². The van der Waals surface area contributed by atoms with Crippen molar-refractivity contribution in [3.63, 3.8) is 0 Å². The summed E-state index contributed by atoms with van der Waals surface area (Å²) in [5, 5.41) is 13.6. The van der Waals surface area contributed by atoms with E-state index in [1.54, 1.807) is 17.7 Å². The normalized spacial score (nSPS) is 14.4. The van der Waals surface area contributed by atoms with Crippen LogP contribution in [0.1, 0.15) is 0 Å². The average molecular weight is 459 g/mol. The number of hydrazine groups is 1. The lowest BCUT2D eigenvalue weighted by molar-refractivity contribution is 0.200. The molecule has 0 atom stereocenters. The zero-order valence-electron chi connectivity index (χ0n) is 17.4. The summed E-state index contributed by atoms with van der Waals surface area (Å²) >= 11 is 4.71. The van der Waals surface area contributed by atoms with Gasteiger partial charge in [-0.2, -0.15) is 0 Å². The maximum absolute atomic E-state index is 13.9.